The van der Waals surface area contributed by atoms with E-state index in [9.17, 15) is 0 Å². The van der Waals surface area contributed by atoms with E-state index in [1.807, 2.05) is 14.1 Å². The summed E-state index contributed by atoms with van der Waals surface area (Å²) < 4.78 is 6.68. The molecule has 25 heavy (non-hydrogen) atoms. The van der Waals surface area contributed by atoms with Gasteiger partial charge in [0, 0.05) is 24.5 Å². The first-order valence-corrected chi connectivity index (χ1v) is 9.33. The standard InChI is InChI=1S/C22H34N2O/c1-8-17-12-18(23-6)14-19(13-17)25-21-20(15(2)3)11-16(4)9-10-22(21,5)24-7/h9-12,18-19,23-24H,2,8,13-14H2,1,3-7H3. The van der Waals surface area contributed by atoms with Gasteiger partial charge < -0.3 is 15.4 Å². The molecule has 0 saturated heterocycles. The summed E-state index contributed by atoms with van der Waals surface area (Å²) in [6.45, 7) is 12.8. The number of rotatable bonds is 6. The predicted octanol–water partition coefficient (Wildman–Crippen LogP) is 4.41. The second-order valence-corrected chi connectivity index (χ2v) is 7.45. The Bertz CT molecular complexity index is 638. The summed E-state index contributed by atoms with van der Waals surface area (Å²) in [5.74, 6) is 0.979. The predicted molar refractivity (Wildman–Crippen MR) is 108 cm³/mol. The Morgan fingerprint density at radius 3 is 2.68 bits per heavy atom. The van der Waals surface area contributed by atoms with Crippen LogP contribution in [-0.4, -0.2) is 31.8 Å². The van der Waals surface area contributed by atoms with Crippen molar-refractivity contribution in [2.24, 2.45) is 0 Å². The second-order valence-electron chi connectivity index (χ2n) is 7.45. The van der Waals surface area contributed by atoms with E-state index in [-0.39, 0.29) is 11.6 Å². The zero-order valence-electron chi connectivity index (χ0n) is 16.7. The van der Waals surface area contributed by atoms with Gasteiger partial charge in [-0.15, -0.1) is 0 Å². The molecule has 0 aromatic carbocycles. The van der Waals surface area contributed by atoms with Crippen LogP contribution in [0.4, 0.5) is 0 Å². The normalized spacial score (nSPS) is 29.8. The van der Waals surface area contributed by atoms with Gasteiger partial charge in [0.1, 0.15) is 11.9 Å². The van der Waals surface area contributed by atoms with E-state index in [4.69, 9.17) is 4.74 Å². The minimum absolute atomic E-state index is 0.176. The van der Waals surface area contributed by atoms with Crippen molar-refractivity contribution in [1.82, 2.24) is 10.6 Å². The van der Waals surface area contributed by atoms with E-state index >= 15 is 0 Å². The Labute approximate surface area is 153 Å². The third kappa shape index (κ3) is 4.53. The third-order valence-electron chi connectivity index (χ3n) is 5.30. The highest BCUT2D eigenvalue weighted by Crippen LogP contribution is 2.34. The topological polar surface area (TPSA) is 33.3 Å². The maximum atomic E-state index is 6.68. The molecule has 3 heteroatoms. The van der Waals surface area contributed by atoms with Crippen LogP contribution in [0.1, 0.15) is 47.0 Å². The first-order chi connectivity index (χ1) is 11.8. The molecule has 2 N–H and O–H groups in total. The molecule has 3 unspecified atom stereocenters. The molecule has 2 rings (SSSR count). The van der Waals surface area contributed by atoms with Crippen molar-refractivity contribution in [2.45, 2.75) is 64.6 Å². The monoisotopic (exact) mass is 342 g/mol. The van der Waals surface area contributed by atoms with Crippen molar-refractivity contribution in [3.8, 4) is 0 Å². The van der Waals surface area contributed by atoms with E-state index in [0.717, 1.165) is 36.2 Å². The van der Waals surface area contributed by atoms with Crippen LogP contribution in [0.15, 0.2) is 58.9 Å². The molecule has 0 aromatic rings. The van der Waals surface area contributed by atoms with Crippen molar-refractivity contribution >= 4 is 0 Å². The lowest BCUT2D eigenvalue weighted by Crippen LogP contribution is -2.43. The number of ether oxygens (including phenoxy) is 1. The second kappa shape index (κ2) is 8.20. The molecule has 0 fully saturated rings. The van der Waals surface area contributed by atoms with Gasteiger partial charge in [0.05, 0.1) is 5.54 Å². The summed E-state index contributed by atoms with van der Waals surface area (Å²) in [5.41, 5.74) is 4.48. The molecule has 0 amide bonds. The van der Waals surface area contributed by atoms with Gasteiger partial charge >= 0.3 is 0 Å². The lowest BCUT2D eigenvalue weighted by atomic mass is 9.90. The quantitative estimate of drug-likeness (QED) is 0.701. The molecule has 2 aliphatic carbocycles. The molecule has 0 heterocycles. The van der Waals surface area contributed by atoms with Crippen LogP contribution in [0.3, 0.4) is 0 Å². The van der Waals surface area contributed by atoms with Gasteiger partial charge in [-0.1, -0.05) is 42.9 Å². The van der Waals surface area contributed by atoms with Crippen molar-refractivity contribution in [2.75, 3.05) is 14.1 Å². The summed E-state index contributed by atoms with van der Waals surface area (Å²) in [5, 5.41) is 6.83. The van der Waals surface area contributed by atoms with Gasteiger partial charge in [0.15, 0.2) is 0 Å². The molecule has 3 atom stereocenters. The minimum atomic E-state index is -0.342. The van der Waals surface area contributed by atoms with Gasteiger partial charge in [-0.3, -0.25) is 0 Å². The first-order valence-electron chi connectivity index (χ1n) is 9.33. The van der Waals surface area contributed by atoms with Gasteiger partial charge in [0.2, 0.25) is 0 Å². The minimum Gasteiger partial charge on any atom is -0.491 e. The Kier molecular flexibility index (Phi) is 6.47. The van der Waals surface area contributed by atoms with E-state index in [1.165, 1.54) is 11.1 Å². The molecule has 0 aromatic heterocycles. The molecule has 3 nitrogen and oxygen atoms in total. The van der Waals surface area contributed by atoms with Crippen LogP contribution in [0.25, 0.3) is 0 Å². The molecule has 0 bridgehead atoms. The lowest BCUT2D eigenvalue weighted by Gasteiger charge is -2.36. The largest absolute Gasteiger partial charge is 0.491 e. The number of nitrogens with one attached hydrogen (secondary N) is 2. The average Bonchev–Trinajstić information content (AvgIpc) is 2.73. The van der Waals surface area contributed by atoms with Crippen LogP contribution in [0.5, 0.6) is 0 Å². The number of hydrogen-bond acceptors (Lipinski definition) is 3. The fraction of sp³-hybridized carbons (Fsp3) is 0.545. The first kappa shape index (κ1) is 19.7. The van der Waals surface area contributed by atoms with E-state index < -0.39 is 0 Å². The Morgan fingerprint density at radius 1 is 1.40 bits per heavy atom. The zero-order valence-corrected chi connectivity index (χ0v) is 16.7. The molecular formula is C22H34N2O. The Balaban J connectivity index is 2.41. The van der Waals surface area contributed by atoms with Crippen LogP contribution in [0.2, 0.25) is 0 Å². The SMILES string of the molecule is C=C(C)C1=C(OC2CC(CC)=CC(NC)C2)C(C)(NC)C=CC(C)=C1. The molecule has 138 valence electrons. The maximum Gasteiger partial charge on any atom is 0.128 e. The van der Waals surface area contributed by atoms with E-state index in [1.54, 1.807) is 0 Å². The van der Waals surface area contributed by atoms with E-state index in [0.29, 0.717) is 6.04 Å². The third-order valence-corrected chi connectivity index (χ3v) is 5.30. The highest BCUT2D eigenvalue weighted by atomic mass is 16.5. The molecule has 0 saturated carbocycles. The van der Waals surface area contributed by atoms with Crippen LogP contribution in [-0.2, 0) is 4.74 Å². The average molecular weight is 343 g/mol. The van der Waals surface area contributed by atoms with Gasteiger partial charge in [-0.05, 0) is 52.9 Å². The Morgan fingerprint density at radius 2 is 2.12 bits per heavy atom. The maximum absolute atomic E-state index is 6.68. The summed E-state index contributed by atoms with van der Waals surface area (Å²) in [6, 6.07) is 0.377. The molecule has 2 aliphatic rings. The van der Waals surface area contributed by atoms with Gasteiger partial charge in [-0.2, -0.15) is 0 Å². The zero-order chi connectivity index (χ0) is 18.6. The summed E-state index contributed by atoms with van der Waals surface area (Å²) in [7, 11) is 4.01. The Hall–Kier alpha value is -1.58. The van der Waals surface area contributed by atoms with Crippen molar-refractivity contribution in [3.05, 3.63) is 58.9 Å². The number of likely N-dealkylation sites (N-methyl/N-ethyl adjacent to an activating group) is 2. The van der Waals surface area contributed by atoms with Gasteiger partial charge in [-0.25, -0.2) is 0 Å². The van der Waals surface area contributed by atoms with E-state index in [2.05, 4.69) is 69.2 Å². The molecule has 0 spiro atoms. The smallest absolute Gasteiger partial charge is 0.128 e. The van der Waals surface area contributed by atoms with Gasteiger partial charge in [0.25, 0.3) is 0 Å². The summed E-state index contributed by atoms with van der Waals surface area (Å²) >= 11 is 0. The highest BCUT2D eigenvalue weighted by molar-refractivity contribution is 5.50. The summed E-state index contributed by atoms with van der Waals surface area (Å²) in [4.78, 5) is 0. The fourth-order valence-electron chi connectivity index (χ4n) is 3.49. The summed E-state index contributed by atoms with van der Waals surface area (Å²) in [6.07, 6.45) is 12.1. The van der Waals surface area contributed by atoms with Crippen molar-refractivity contribution in [3.63, 3.8) is 0 Å². The van der Waals surface area contributed by atoms with Crippen LogP contribution >= 0.6 is 0 Å². The number of hydrogen-bond donors (Lipinski definition) is 2. The molecule has 0 radical (unpaired) electrons. The fourth-order valence-corrected chi connectivity index (χ4v) is 3.49. The van der Waals surface area contributed by atoms with Crippen LogP contribution < -0.4 is 10.6 Å². The van der Waals surface area contributed by atoms with Crippen molar-refractivity contribution < 1.29 is 4.74 Å². The highest BCUT2D eigenvalue weighted by Gasteiger charge is 2.33. The molecular weight excluding hydrogens is 308 g/mol. The van der Waals surface area contributed by atoms with Crippen molar-refractivity contribution in [1.29, 1.82) is 0 Å². The lowest BCUT2D eigenvalue weighted by molar-refractivity contribution is 0.0731. The number of allylic oxidation sites excluding steroid dienone is 5. The van der Waals surface area contributed by atoms with Crippen LogP contribution in [0, 0.1) is 0 Å². The molecule has 0 aliphatic heterocycles.